The molecule has 0 aliphatic heterocycles. The van der Waals surface area contributed by atoms with Gasteiger partial charge in [0.1, 0.15) is 6.61 Å². The van der Waals surface area contributed by atoms with E-state index in [4.69, 9.17) is 9.84 Å². The third kappa shape index (κ3) is 3.22. The molecule has 0 aliphatic rings. The second-order valence-electron chi connectivity index (χ2n) is 3.55. The largest absolute Gasteiger partial charge is 0.478 e. The molecule has 2 heterocycles. The van der Waals surface area contributed by atoms with E-state index < -0.39 is 12.1 Å². The number of anilines is 1. The summed E-state index contributed by atoms with van der Waals surface area (Å²) in [5.41, 5.74) is 1.24. The molecule has 20 heavy (non-hydrogen) atoms. The molecule has 2 aromatic rings. The van der Waals surface area contributed by atoms with E-state index in [9.17, 15) is 9.59 Å². The fourth-order valence-electron chi connectivity index (χ4n) is 1.37. The number of ether oxygens (including phenoxy) is 1. The number of hydrogen-bond acceptors (Lipinski definition) is 6. The summed E-state index contributed by atoms with van der Waals surface area (Å²) in [4.78, 5) is 26.5. The molecule has 0 bridgehead atoms. The zero-order valence-electron chi connectivity index (χ0n) is 10.2. The molecule has 104 valence electrons. The number of thiazole rings is 1. The lowest BCUT2D eigenvalue weighted by atomic mass is 10.1. The van der Waals surface area contributed by atoms with Gasteiger partial charge in [0.25, 0.3) is 0 Å². The number of carbonyl (C=O) groups is 2. The molecule has 8 heteroatoms. The third-order valence-electron chi connectivity index (χ3n) is 2.21. The number of amides is 1. The highest BCUT2D eigenvalue weighted by Crippen LogP contribution is 2.30. The van der Waals surface area contributed by atoms with E-state index in [-0.39, 0.29) is 12.2 Å². The second kappa shape index (κ2) is 6.31. The van der Waals surface area contributed by atoms with E-state index in [2.05, 4.69) is 16.9 Å². The van der Waals surface area contributed by atoms with Gasteiger partial charge in [-0.1, -0.05) is 12.7 Å². The second-order valence-corrected chi connectivity index (χ2v) is 5.16. The molecule has 0 spiro atoms. The maximum atomic E-state index is 11.3. The minimum Gasteiger partial charge on any atom is -0.478 e. The first-order valence-corrected chi connectivity index (χ1v) is 7.24. The number of aromatic carboxylic acids is 1. The van der Waals surface area contributed by atoms with Gasteiger partial charge in [0, 0.05) is 21.7 Å². The van der Waals surface area contributed by atoms with Gasteiger partial charge in [-0.15, -0.1) is 11.3 Å². The van der Waals surface area contributed by atoms with E-state index >= 15 is 0 Å². The Morgan fingerprint density at radius 1 is 1.45 bits per heavy atom. The van der Waals surface area contributed by atoms with Crippen LogP contribution in [0, 0.1) is 0 Å². The van der Waals surface area contributed by atoms with Crippen molar-refractivity contribution >= 4 is 39.9 Å². The Hall–Kier alpha value is -2.19. The van der Waals surface area contributed by atoms with Crippen molar-refractivity contribution in [3.63, 3.8) is 0 Å². The summed E-state index contributed by atoms with van der Waals surface area (Å²) in [6, 6.07) is 0. The summed E-state index contributed by atoms with van der Waals surface area (Å²) in [6.45, 7) is 3.54. The number of nitrogens with one attached hydrogen (secondary N) is 1. The Bertz CT molecular complexity index is 647. The minimum absolute atomic E-state index is 0.109. The van der Waals surface area contributed by atoms with E-state index in [0.29, 0.717) is 16.4 Å². The van der Waals surface area contributed by atoms with Gasteiger partial charge in [0.2, 0.25) is 0 Å². The van der Waals surface area contributed by atoms with Crippen molar-refractivity contribution in [3.8, 4) is 11.3 Å². The smallest absolute Gasteiger partial charge is 0.413 e. The van der Waals surface area contributed by atoms with Crippen LogP contribution in [0.3, 0.4) is 0 Å². The average molecular weight is 310 g/mol. The molecule has 2 aromatic heterocycles. The first-order valence-electron chi connectivity index (χ1n) is 5.42. The van der Waals surface area contributed by atoms with Gasteiger partial charge >= 0.3 is 12.1 Å². The molecule has 2 rings (SSSR count). The molecule has 0 radical (unpaired) electrons. The Morgan fingerprint density at radius 3 is 2.95 bits per heavy atom. The van der Waals surface area contributed by atoms with Crippen molar-refractivity contribution < 1.29 is 19.4 Å². The van der Waals surface area contributed by atoms with Crippen LogP contribution in [0.5, 0.6) is 0 Å². The Labute approximate surface area is 122 Å². The Kier molecular flexibility index (Phi) is 4.49. The summed E-state index contributed by atoms with van der Waals surface area (Å²) in [7, 11) is 0. The highest BCUT2D eigenvalue weighted by Gasteiger charge is 2.16. The summed E-state index contributed by atoms with van der Waals surface area (Å²) in [5, 5.41) is 16.8. The minimum atomic E-state index is -1.01. The molecule has 0 aromatic carbocycles. The van der Waals surface area contributed by atoms with Gasteiger partial charge in [-0.25, -0.2) is 14.6 Å². The molecule has 0 saturated heterocycles. The first-order chi connectivity index (χ1) is 9.61. The van der Waals surface area contributed by atoms with Crippen molar-refractivity contribution in [2.75, 3.05) is 11.9 Å². The van der Waals surface area contributed by atoms with E-state index in [1.807, 2.05) is 0 Å². The van der Waals surface area contributed by atoms with Crippen molar-refractivity contribution in [2.45, 2.75) is 0 Å². The van der Waals surface area contributed by atoms with Crippen LogP contribution in [0.2, 0.25) is 0 Å². The number of carboxylic acids is 1. The monoisotopic (exact) mass is 310 g/mol. The van der Waals surface area contributed by atoms with Crippen molar-refractivity contribution in [2.24, 2.45) is 0 Å². The number of nitrogens with zero attached hydrogens (tertiary/aromatic N) is 1. The summed E-state index contributed by atoms with van der Waals surface area (Å²) in [5.74, 6) is -1.01. The third-order valence-corrected chi connectivity index (χ3v) is 3.72. The quantitative estimate of drug-likeness (QED) is 0.827. The normalized spacial score (nSPS) is 10.0. The van der Waals surface area contributed by atoms with Gasteiger partial charge in [0.15, 0.2) is 5.13 Å². The zero-order chi connectivity index (χ0) is 14.5. The van der Waals surface area contributed by atoms with E-state index in [0.717, 1.165) is 0 Å². The lowest BCUT2D eigenvalue weighted by Crippen LogP contribution is -2.13. The fourth-order valence-corrected chi connectivity index (χ4v) is 2.89. The fraction of sp³-hybridized carbons (Fsp3) is 0.0833. The highest BCUT2D eigenvalue weighted by atomic mass is 32.1. The van der Waals surface area contributed by atoms with Gasteiger partial charge in [0.05, 0.1) is 11.3 Å². The average Bonchev–Trinajstić information content (AvgIpc) is 3.03. The van der Waals surface area contributed by atoms with Crippen molar-refractivity contribution in [3.05, 3.63) is 34.4 Å². The molecule has 2 N–H and O–H groups in total. The predicted molar refractivity (Wildman–Crippen MR) is 77.6 cm³/mol. The standard InChI is InChI=1S/C12H10N2O4S2/c1-2-3-18-12(17)14-11-13-9(6-20-11)7-4-19-5-8(7)10(15)16/h2,4-6H,1,3H2,(H,15,16)(H,13,14,17). The van der Waals surface area contributed by atoms with Crippen LogP contribution in [0.15, 0.2) is 28.8 Å². The number of hydrogen-bond donors (Lipinski definition) is 2. The molecule has 6 nitrogen and oxygen atoms in total. The lowest BCUT2D eigenvalue weighted by molar-refractivity contribution is 0.0698. The lowest BCUT2D eigenvalue weighted by Gasteiger charge is -2.01. The molecule has 1 amide bonds. The van der Waals surface area contributed by atoms with Gasteiger partial charge in [-0.05, 0) is 0 Å². The van der Waals surface area contributed by atoms with Crippen LogP contribution in [-0.2, 0) is 4.74 Å². The number of thiophene rings is 1. The zero-order valence-corrected chi connectivity index (χ0v) is 11.8. The number of aromatic nitrogens is 1. The van der Waals surface area contributed by atoms with Crippen LogP contribution >= 0.6 is 22.7 Å². The topological polar surface area (TPSA) is 88.5 Å². The van der Waals surface area contributed by atoms with Crippen LogP contribution in [0.25, 0.3) is 11.3 Å². The Morgan fingerprint density at radius 2 is 2.25 bits per heavy atom. The van der Waals surface area contributed by atoms with Crippen molar-refractivity contribution in [1.82, 2.24) is 4.98 Å². The van der Waals surface area contributed by atoms with Crippen LogP contribution in [-0.4, -0.2) is 28.8 Å². The van der Waals surface area contributed by atoms with E-state index in [1.165, 1.54) is 28.7 Å². The molecular formula is C12H10N2O4S2. The number of rotatable bonds is 5. The molecule has 0 aliphatic carbocycles. The Balaban J connectivity index is 2.12. The number of carboxylic acid groups (broad SMARTS) is 1. The highest BCUT2D eigenvalue weighted by molar-refractivity contribution is 7.14. The van der Waals surface area contributed by atoms with Crippen LogP contribution < -0.4 is 5.32 Å². The molecule has 0 unspecified atom stereocenters. The molecule has 0 saturated carbocycles. The first kappa shape index (κ1) is 14.2. The van der Waals surface area contributed by atoms with Crippen LogP contribution in [0.4, 0.5) is 9.93 Å². The van der Waals surface area contributed by atoms with Gasteiger partial charge in [-0.3, -0.25) is 5.32 Å². The van der Waals surface area contributed by atoms with Gasteiger partial charge in [-0.2, -0.15) is 11.3 Å². The van der Waals surface area contributed by atoms with Crippen molar-refractivity contribution in [1.29, 1.82) is 0 Å². The maximum Gasteiger partial charge on any atom is 0.413 e. The predicted octanol–water partition coefficient (Wildman–Crippen LogP) is 3.30. The summed E-state index contributed by atoms with van der Waals surface area (Å²) >= 11 is 2.48. The maximum absolute atomic E-state index is 11.3. The molecule has 0 fully saturated rings. The summed E-state index contributed by atoms with van der Waals surface area (Å²) < 4.78 is 4.76. The molecule has 0 atom stereocenters. The SMILES string of the molecule is C=CCOC(=O)Nc1nc(-c2cscc2C(=O)O)cs1. The number of carbonyl (C=O) groups excluding carboxylic acids is 1. The molecular weight excluding hydrogens is 300 g/mol. The summed E-state index contributed by atoms with van der Waals surface area (Å²) in [6.07, 6.45) is 0.826. The van der Waals surface area contributed by atoms with E-state index in [1.54, 1.807) is 16.1 Å². The van der Waals surface area contributed by atoms with Crippen LogP contribution in [0.1, 0.15) is 10.4 Å². The van der Waals surface area contributed by atoms with Gasteiger partial charge < -0.3 is 9.84 Å².